The average molecular weight is 411 g/mol. The number of carbonyl (C=O) groups is 2. The molecule has 0 bridgehead atoms. The van der Waals surface area contributed by atoms with E-state index in [1.165, 1.54) is 57.8 Å². The third-order valence-corrected chi connectivity index (χ3v) is 6.77. The molecule has 0 amide bonds. The molecule has 0 heterocycles. The second-order valence-corrected chi connectivity index (χ2v) is 9.17. The van der Waals surface area contributed by atoms with Crippen LogP contribution in [0.1, 0.15) is 124 Å². The van der Waals surface area contributed by atoms with Gasteiger partial charge in [-0.15, -0.1) is 0 Å². The van der Waals surface area contributed by atoms with Gasteiger partial charge in [0.15, 0.2) is 0 Å². The molecule has 0 aromatic rings. The minimum absolute atomic E-state index is 0.0714. The van der Waals surface area contributed by atoms with Crippen molar-refractivity contribution >= 4 is 11.9 Å². The summed E-state index contributed by atoms with van der Waals surface area (Å²) in [6, 6.07) is 0. The molecule has 4 nitrogen and oxygen atoms in total. The average Bonchev–Trinajstić information content (AvgIpc) is 2.73. The molecular weight excluding hydrogens is 364 g/mol. The van der Waals surface area contributed by atoms with Crippen LogP contribution in [0.5, 0.6) is 0 Å². The van der Waals surface area contributed by atoms with Crippen LogP contribution in [-0.4, -0.2) is 23.1 Å². The Morgan fingerprint density at radius 2 is 1.38 bits per heavy atom. The van der Waals surface area contributed by atoms with Crippen molar-refractivity contribution in [3.8, 4) is 0 Å². The molecule has 1 rings (SSSR count). The van der Waals surface area contributed by atoms with Gasteiger partial charge < -0.3 is 9.84 Å². The Kier molecular flexibility index (Phi) is 14.1. The summed E-state index contributed by atoms with van der Waals surface area (Å²) in [6.45, 7) is 6.53. The summed E-state index contributed by atoms with van der Waals surface area (Å²) in [7, 11) is 0. The summed E-state index contributed by atoms with van der Waals surface area (Å²) in [4.78, 5) is 24.2. The first-order chi connectivity index (χ1) is 14.0. The van der Waals surface area contributed by atoms with Crippen LogP contribution >= 0.6 is 0 Å². The Hall–Kier alpha value is -1.06. The predicted molar refractivity (Wildman–Crippen MR) is 119 cm³/mol. The Morgan fingerprint density at radius 3 is 1.90 bits per heavy atom. The van der Waals surface area contributed by atoms with Crippen LogP contribution < -0.4 is 0 Å². The number of aliphatic carboxylic acids is 1. The minimum Gasteiger partial charge on any atom is -0.481 e. The molecule has 1 saturated carbocycles. The van der Waals surface area contributed by atoms with E-state index in [2.05, 4.69) is 20.8 Å². The van der Waals surface area contributed by atoms with Crippen LogP contribution in [-0.2, 0) is 14.3 Å². The van der Waals surface area contributed by atoms with Gasteiger partial charge in [-0.25, -0.2) is 0 Å². The van der Waals surface area contributed by atoms with E-state index in [1.807, 2.05) is 0 Å². The number of carboxylic acid groups (broad SMARTS) is 1. The lowest BCUT2D eigenvalue weighted by Crippen LogP contribution is -2.37. The summed E-state index contributed by atoms with van der Waals surface area (Å²) in [6.07, 6.45) is 17.9. The van der Waals surface area contributed by atoms with Crippen molar-refractivity contribution in [3.63, 3.8) is 0 Å². The Morgan fingerprint density at radius 1 is 0.862 bits per heavy atom. The van der Waals surface area contributed by atoms with E-state index in [-0.39, 0.29) is 12.1 Å². The Labute approximate surface area is 179 Å². The zero-order valence-electron chi connectivity index (χ0n) is 19.3. The molecule has 1 fully saturated rings. The van der Waals surface area contributed by atoms with E-state index < -0.39 is 17.8 Å². The molecule has 29 heavy (non-hydrogen) atoms. The molecule has 0 aliphatic heterocycles. The van der Waals surface area contributed by atoms with Crippen LogP contribution in [0, 0.1) is 17.8 Å². The first-order valence-corrected chi connectivity index (χ1v) is 12.4. The van der Waals surface area contributed by atoms with Crippen molar-refractivity contribution in [3.05, 3.63) is 0 Å². The third kappa shape index (κ3) is 10.5. The quantitative estimate of drug-likeness (QED) is 0.217. The normalized spacial score (nSPS) is 21.5. The molecule has 0 spiro atoms. The standard InChI is InChI=1S/C25H46O4/c1-4-6-7-8-9-10-11-12-13-14-19-23(20(3)5-2)29-25(28)22-18-16-15-17-21(22)24(26)27/h20-23H,4-19H2,1-3H3,(H,26,27). The molecule has 4 unspecified atom stereocenters. The summed E-state index contributed by atoms with van der Waals surface area (Å²) in [5.41, 5.74) is 0. The van der Waals surface area contributed by atoms with Crippen molar-refractivity contribution in [2.24, 2.45) is 17.8 Å². The largest absolute Gasteiger partial charge is 0.481 e. The lowest BCUT2D eigenvalue weighted by Gasteiger charge is -2.30. The zero-order valence-corrected chi connectivity index (χ0v) is 19.3. The fourth-order valence-corrected chi connectivity index (χ4v) is 4.50. The van der Waals surface area contributed by atoms with E-state index in [0.29, 0.717) is 18.8 Å². The van der Waals surface area contributed by atoms with Gasteiger partial charge in [-0.05, 0) is 31.6 Å². The highest BCUT2D eigenvalue weighted by atomic mass is 16.5. The van der Waals surface area contributed by atoms with Crippen LogP contribution in [0.25, 0.3) is 0 Å². The Bertz CT molecular complexity index is 448. The van der Waals surface area contributed by atoms with Crippen LogP contribution in [0.2, 0.25) is 0 Å². The number of hydrogen-bond donors (Lipinski definition) is 1. The van der Waals surface area contributed by atoms with E-state index in [0.717, 1.165) is 32.1 Å². The highest BCUT2D eigenvalue weighted by molar-refractivity contribution is 5.81. The van der Waals surface area contributed by atoms with Gasteiger partial charge in [0.1, 0.15) is 6.10 Å². The van der Waals surface area contributed by atoms with Crippen molar-refractivity contribution in [1.82, 2.24) is 0 Å². The van der Waals surface area contributed by atoms with E-state index in [1.54, 1.807) is 0 Å². The fraction of sp³-hybridized carbons (Fsp3) is 0.920. The summed E-state index contributed by atoms with van der Waals surface area (Å²) in [5.74, 6) is -1.81. The van der Waals surface area contributed by atoms with Gasteiger partial charge in [0.25, 0.3) is 0 Å². The SMILES string of the molecule is CCCCCCCCCCCCC(OC(=O)C1CCCCC1C(=O)O)C(C)CC. The number of ether oxygens (including phenoxy) is 1. The maximum atomic E-state index is 12.7. The highest BCUT2D eigenvalue weighted by Gasteiger charge is 2.38. The van der Waals surface area contributed by atoms with Gasteiger partial charge in [-0.3, -0.25) is 9.59 Å². The molecule has 1 aliphatic rings. The monoisotopic (exact) mass is 410 g/mol. The van der Waals surface area contributed by atoms with Crippen LogP contribution in [0.15, 0.2) is 0 Å². The van der Waals surface area contributed by atoms with Crippen molar-refractivity contribution < 1.29 is 19.4 Å². The molecule has 4 atom stereocenters. The third-order valence-electron chi connectivity index (χ3n) is 6.77. The van der Waals surface area contributed by atoms with E-state index in [4.69, 9.17) is 4.74 Å². The number of unbranched alkanes of at least 4 members (excludes halogenated alkanes) is 9. The lowest BCUT2D eigenvalue weighted by molar-refractivity contribution is -0.166. The fourth-order valence-electron chi connectivity index (χ4n) is 4.50. The topological polar surface area (TPSA) is 63.6 Å². The van der Waals surface area contributed by atoms with Gasteiger partial charge in [0.05, 0.1) is 11.8 Å². The highest BCUT2D eigenvalue weighted by Crippen LogP contribution is 2.32. The van der Waals surface area contributed by atoms with Gasteiger partial charge in [0.2, 0.25) is 0 Å². The molecule has 0 saturated heterocycles. The number of carbonyl (C=O) groups excluding carboxylic acids is 1. The second-order valence-electron chi connectivity index (χ2n) is 9.17. The van der Waals surface area contributed by atoms with Gasteiger partial charge in [0, 0.05) is 0 Å². The smallest absolute Gasteiger partial charge is 0.310 e. The maximum absolute atomic E-state index is 12.7. The van der Waals surface area contributed by atoms with Crippen molar-refractivity contribution in [2.75, 3.05) is 0 Å². The van der Waals surface area contributed by atoms with Crippen LogP contribution in [0.3, 0.4) is 0 Å². The number of hydrogen-bond acceptors (Lipinski definition) is 3. The summed E-state index contributed by atoms with van der Waals surface area (Å²) in [5, 5.41) is 9.44. The second kappa shape index (κ2) is 15.7. The molecular formula is C25H46O4. The number of esters is 1. The van der Waals surface area contributed by atoms with E-state index >= 15 is 0 Å². The van der Waals surface area contributed by atoms with Crippen molar-refractivity contribution in [2.45, 2.75) is 130 Å². The molecule has 0 aromatic heterocycles. The molecule has 0 aromatic carbocycles. The number of rotatable bonds is 16. The zero-order chi connectivity index (χ0) is 21.5. The van der Waals surface area contributed by atoms with Gasteiger partial charge in [-0.1, -0.05) is 97.8 Å². The molecule has 1 aliphatic carbocycles. The van der Waals surface area contributed by atoms with Crippen LogP contribution in [0.4, 0.5) is 0 Å². The minimum atomic E-state index is -0.846. The molecule has 1 N–H and O–H groups in total. The molecule has 4 heteroatoms. The maximum Gasteiger partial charge on any atom is 0.310 e. The van der Waals surface area contributed by atoms with Crippen molar-refractivity contribution in [1.29, 1.82) is 0 Å². The molecule has 0 radical (unpaired) electrons. The number of carboxylic acids is 1. The first-order valence-electron chi connectivity index (χ1n) is 12.4. The Balaban J connectivity index is 2.33. The molecule has 170 valence electrons. The van der Waals surface area contributed by atoms with Gasteiger partial charge in [-0.2, -0.15) is 0 Å². The van der Waals surface area contributed by atoms with E-state index in [9.17, 15) is 14.7 Å². The summed E-state index contributed by atoms with van der Waals surface area (Å²) < 4.78 is 5.90. The first kappa shape index (κ1) is 26.0. The van der Waals surface area contributed by atoms with Gasteiger partial charge >= 0.3 is 11.9 Å². The summed E-state index contributed by atoms with van der Waals surface area (Å²) >= 11 is 0. The lowest BCUT2D eigenvalue weighted by atomic mass is 9.79. The predicted octanol–water partition coefficient (Wildman–Crippen LogP) is 7.15.